The summed E-state index contributed by atoms with van der Waals surface area (Å²) in [5.74, 6) is -1.56. The minimum atomic E-state index is -1.33. The molecule has 0 saturated heterocycles. The van der Waals surface area contributed by atoms with Gasteiger partial charge in [-0.05, 0) is 32.0 Å². The zero-order valence-electron chi connectivity index (χ0n) is 12.6. The van der Waals surface area contributed by atoms with Crippen LogP contribution in [0, 0.1) is 0 Å². The Kier molecular flexibility index (Phi) is 4.98. The molecule has 0 radical (unpaired) electrons. The first-order valence-corrected chi connectivity index (χ1v) is 8.20. The second kappa shape index (κ2) is 6.47. The molecule has 5 nitrogen and oxygen atoms in total. The number of aromatic nitrogens is 1. The fourth-order valence-electron chi connectivity index (χ4n) is 1.73. The van der Waals surface area contributed by atoms with E-state index in [0.717, 1.165) is 4.90 Å². The molecule has 0 aliphatic carbocycles. The van der Waals surface area contributed by atoms with Gasteiger partial charge in [0.15, 0.2) is 0 Å². The lowest BCUT2D eigenvalue weighted by Gasteiger charge is -2.30. The van der Waals surface area contributed by atoms with E-state index in [1.54, 1.807) is 23.6 Å². The number of nitrogens with zero attached hydrogens (tertiary/aromatic N) is 2. The van der Waals surface area contributed by atoms with Crippen molar-refractivity contribution in [2.24, 2.45) is 0 Å². The number of hydrogen-bond donors (Lipinski definition) is 1. The summed E-state index contributed by atoms with van der Waals surface area (Å²) >= 11 is 13.3. The van der Waals surface area contributed by atoms with Crippen LogP contribution in [-0.4, -0.2) is 39.5 Å². The molecule has 1 N–H and O–H groups in total. The minimum absolute atomic E-state index is 0.174. The molecule has 0 spiro atoms. The van der Waals surface area contributed by atoms with Crippen LogP contribution >= 0.6 is 34.5 Å². The second-order valence-corrected chi connectivity index (χ2v) is 7.09. The molecule has 1 aromatic carbocycles. The minimum Gasteiger partial charge on any atom is -0.480 e. The average Bonchev–Trinajstić information content (AvgIpc) is 2.95. The number of carboxylic acid groups (broad SMARTS) is 1. The highest BCUT2D eigenvalue weighted by molar-refractivity contribution is 7.13. The molecule has 1 aromatic heterocycles. The average molecular weight is 373 g/mol. The Bertz CT molecular complexity index is 774. The Morgan fingerprint density at radius 3 is 2.52 bits per heavy atom. The van der Waals surface area contributed by atoms with E-state index in [4.69, 9.17) is 23.2 Å². The van der Waals surface area contributed by atoms with E-state index in [0.29, 0.717) is 20.6 Å². The summed E-state index contributed by atoms with van der Waals surface area (Å²) in [6, 6.07) is 5.01. The Labute approximate surface area is 147 Å². The lowest BCUT2D eigenvalue weighted by molar-refractivity contribution is -0.147. The topological polar surface area (TPSA) is 70.5 Å². The van der Waals surface area contributed by atoms with E-state index in [9.17, 15) is 14.7 Å². The van der Waals surface area contributed by atoms with Crippen molar-refractivity contribution in [2.45, 2.75) is 19.4 Å². The summed E-state index contributed by atoms with van der Waals surface area (Å²) in [5.41, 5.74) is -0.494. The predicted octanol–water partition coefficient (Wildman–Crippen LogP) is 4.05. The van der Waals surface area contributed by atoms with Gasteiger partial charge in [-0.1, -0.05) is 23.2 Å². The summed E-state index contributed by atoms with van der Waals surface area (Å²) < 4.78 is 0. The monoisotopic (exact) mass is 372 g/mol. The van der Waals surface area contributed by atoms with Gasteiger partial charge in [0.1, 0.15) is 16.2 Å². The molecular weight excluding hydrogens is 359 g/mol. The number of halogens is 2. The first-order valence-electron chi connectivity index (χ1n) is 6.57. The van der Waals surface area contributed by atoms with Crippen LogP contribution in [0.1, 0.15) is 24.3 Å². The van der Waals surface area contributed by atoms with Gasteiger partial charge in [0.2, 0.25) is 0 Å². The Balaban J connectivity index is 2.32. The molecule has 1 amide bonds. The third-order valence-electron chi connectivity index (χ3n) is 3.55. The summed E-state index contributed by atoms with van der Waals surface area (Å²) in [6.07, 6.45) is 0. The van der Waals surface area contributed by atoms with Crippen LogP contribution in [-0.2, 0) is 4.79 Å². The van der Waals surface area contributed by atoms with E-state index >= 15 is 0 Å². The molecular formula is C15H14Cl2N2O3S. The maximum atomic E-state index is 12.4. The standard InChI is InChI=1S/C15H14Cl2N2O3S/c1-15(2,14(21)22)19(3)13(20)11-7-23-12(18-11)9-5-4-8(16)6-10(9)17/h4-7H,1-3H3,(H,21,22). The lowest BCUT2D eigenvalue weighted by Crippen LogP contribution is -2.50. The van der Waals surface area contributed by atoms with Gasteiger partial charge in [0.25, 0.3) is 5.91 Å². The SMILES string of the molecule is CN(C(=O)c1csc(-c2ccc(Cl)cc2Cl)n1)C(C)(C)C(=O)O. The number of carboxylic acids is 1. The van der Waals surface area contributed by atoms with Crippen molar-refractivity contribution in [2.75, 3.05) is 7.05 Å². The smallest absolute Gasteiger partial charge is 0.329 e. The number of likely N-dealkylation sites (N-methyl/N-ethyl adjacent to an activating group) is 1. The molecule has 2 rings (SSSR count). The van der Waals surface area contributed by atoms with Crippen LogP contribution in [0.5, 0.6) is 0 Å². The van der Waals surface area contributed by atoms with Crippen LogP contribution in [0.4, 0.5) is 0 Å². The molecule has 2 aromatic rings. The molecule has 0 atom stereocenters. The molecule has 0 bridgehead atoms. The van der Waals surface area contributed by atoms with Gasteiger partial charge in [0, 0.05) is 23.0 Å². The number of aliphatic carboxylic acids is 1. The maximum absolute atomic E-state index is 12.4. The quantitative estimate of drug-likeness (QED) is 0.878. The number of rotatable bonds is 4. The number of hydrogen-bond acceptors (Lipinski definition) is 4. The zero-order valence-corrected chi connectivity index (χ0v) is 15.0. The van der Waals surface area contributed by atoms with Crippen molar-refractivity contribution >= 4 is 46.4 Å². The van der Waals surface area contributed by atoms with Crippen LogP contribution in [0.15, 0.2) is 23.6 Å². The zero-order chi connectivity index (χ0) is 17.4. The van der Waals surface area contributed by atoms with Crippen molar-refractivity contribution in [1.29, 1.82) is 0 Å². The van der Waals surface area contributed by atoms with Gasteiger partial charge < -0.3 is 10.0 Å². The van der Waals surface area contributed by atoms with Crippen LogP contribution in [0.3, 0.4) is 0 Å². The Morgan fingerprint density at radius 2 is 1.96 bits per heavy atom. The Hall–Kier alpha value is -1.63. The largest absolute Gasteiger partial charge is 0.480 e. The molecule has 8 heteroatoms. The Morgan fingerprint density at radius 1 is 1.30 bits per heavy atom. The van der Waals surface area contributed by atoms with Gasteiger partial charge >= 0.3 is 5.97 Å². The number of amides is 1. The van der Waals surface area contributed by atoms with Crippen molar-refractivity contribution in [3.8, 4) is 10.6 Å². The molecule has 0 saturated carbocycles. The van der Waals surface area contributed by atoms with Crippen molar-refractivity contribution < 1.29 is 14.7 Å². The van der Waals surface area contributed by atoms with E-state index in [-0.39, 0.29) is 5.69 Å². The van der Waals surface area contributed by atoms with Gasteiger partial charge in [0.05, 0.1) is 5.02 Å². The van der Waals surface area contributed by atoms with Crippen LogP contribution < -0.4 is 0 Å². The number of benzene rings is 1. The highest BCUT2D eigenvalue weighted by Gasteiger charge is 2.36. The molecule has 1 heterocycles. The normalized spacial score (nSPS) is 11.3. The molecule has 122 valence electrons. The third kappa shape index (κ3) is 3.49. The molecule has 23 heavy (non-hydrogen) atoms. The third-order valence-corrected chi connectivity index (χ3v) is 4.97. The van der Waals surface area contributed by atoms with Gasteiger partial charge in [-0.3, -0.25) is 4.79 Å². The summed E-state index contributed by atoms with van der Waals surface area (Å²) in [5, 5.41) is 12.3. The highest BCUT2D eigenvalue weighted by atomic mass is 35.5. The molecule has 0 aliphatic rings. The summed E-state index contributed by atoms with van der Waals surface area (Å²) in [7, 11) is 1.44. The lowest BCUT2D eigenvalue weighted by atomic mass is 10.0. The van der Waals surface area contributed by atoms with E-state index in [2.05, 4.69) is 4.98 Å². The van der Waals surface area contributed by atoms with Crippen LogP contribution in [0.2, 0.25) is 10.0 Å². The van der Waals surface area contributed by atoms with Crippen molar-refractivity contribution in [1.82, 2.24) is 9.88 Å². The second-order valence-electron chi connectivity index (χ2n) is 5.39. The van der Waals surface area contributed by atoms with Gasteiger partial charge in [-0.2, -0.15) is 0 Å². The first kappa shape index (κ1) is 17.7. The number of carbonyl (C=O) groups excluding carboxylic acids is 1. The maximum Gasteiger partial charge on any atom is 0.329 e. The fourth-order valence-corrected chi connectivity index (χ4v) is 3.11. The highest BCUT2D eigenvalue weighted by Crippen LogP contribution is 2.32. The van der Waals surface area contributed by atoms with Gasteiger partial charge in [-0.15, -0.1) is 11.3 Å². The van der Waals surface area contributed by atoms with Crippen molar-refractivity contribution in [3.63, 3.8) is 0 Å². The number of carbonyl (C=O) groups is 2. The van der Waals surface area contributed by atoms with Crippen LogP contribution in [0.25, 0.3) is 10.6 Å². The fraction of sp³-hybridized carbons (Fsp3) is 0.267. The van der Waals surface area contributed by atoms with E-state index in [1.807, 2.05) is 0 Å². The predicted molar refractivity (Wildman–Crippen MR) is 91.4 cm³/mol. The summed E-state index contributed by atoms with van der Waals surface area (Å²) in [6.45, 7) is 2.91. The van der Waals surface area contributed by atoms with Crippen molar-refractivity contribution in [3.05, 3.63) is 39.3 Å². The molecule has 0 unspecified atom stereocenters. The molecule has 0 aliphatic heterocycles. The van der Waals surface area contributed by atoms with E-state index in [1.165, 1.54) is 32.2 Å². The van der Waals surface area contributed by atoms with E-state index < -0.39 is 17.4 Å². The molecule has 0 fully saturated rings. The van der Waals surface area contributed by atoms with Gasteiger partial charge in [-0.25, -0.2) is 9.78 Å². The number of thiazole rings is 1. The first-order chi connectivity index (χ1) is 10.6. The summed E-state index contributed by atoms with van der Waals surface area (Å²) in [4.78, 5) is 29.1.